The molecular weight excluding hydrogens is 431 g/mol. The fraction of sp³-hybridized carbons (Fsp3) is 0.143. The second-order valence-electron chi connectivity index (χ2n) is 8.15. The van der Waals surface area contributed by atoms with Gasteiger partial charge in [-0.1, -0.05) is 77.9 Å². The van der Waals surface area contributed by atoms with Gasteiger partial charge in [0.1, 0.15) is 17.2 Å². The molecule has 4 rings (SSSR count). The van der Waals surface area contributed by atoms with Gasteiger partial charge in [0.2, 0.25) is 0 Å². The first kappa shape index (κ1) is 22.7. The Morgan fingerprint density at radius 1 is 0.545 bits per heavy atom. The predicted molar refractivity (Wildman–Crippen MR) is 133 cm³/mol. The molecule has 0 bridgehead atoms. The molecule has 0 heterocycles. The van der Waals surface area contributed by atoms with Crippen LogP contribution in [0.1, 0.15) is 22.3 Å². The number of benzene rings is 4. The Hall–Kier alpha value is -3.49. The van der Waals surface area contributed by atoms with Crippen molar-refractivity contribution >= 4 is 7.82 Å². The number of hydrogen-bond donors (Lipinski definition) is 0. The molecule has 0 atom stereocenters. The van der Waals surface area contributed by atoms with Crippen molar-refractivity contribution in [3.05, 3.63) is 113 Å². The zero-order valence-corrected chi connectivity index (χ0v) is 20.1. The summed E-state index contributed by atoms with van der Waals surface area (Å²) in [6, 6.07) is 28.7. The van der Waals surface area contributed by atoms with E-state index in [4.69, 9.17) is 13.6 Å². The van der Waals surface area contributed by atoms with E-state index in [1.807, 2.05) is 94.4 Å². The maximum absolute atomic E-state index is 13.9. The first-order chi connectivity index (χ1) is 15.8. The van der Waals surface area contributed by atoms with E-state index >= 15 is 0 Å². The van der Waals surface area contributed by atoms with Crippen LogP contribution in [0.5, 0.6) is 17.2 Å². The highest BCUT2D eigenvalue weighted by Gasteiger charge is 2.34. The lowest BCUT2D eigenvalue weighted by Crippen LogP contribution is -2.09. The standard InChI is InChI=1S/C28H27O4P/c1-20-10-16-27(22(3)18-20)31-33(29,32-28-17-11-21(2)19-23(28)4)30-26-14-12-25(13-15-26)24-8-6-5-7-9-24/h5-19H,1-4H3. The fourth-order valence-electron chi connectivity index (χ4n) is 3.57. The molecule has 0 amide bonds. The Labute approximate surface area is 195 Å². The Kier molecular flexibility index (Phi) is 6.57. The largest absolute Gasteiger partial charge is 0.647 e. The number of aryl methyl sites for hydroxylation is 4. The topological polar surface area (TPSA) is 44.8 Å². The van der Waals surface area contributed by atoms with Crippen molar-refractivity contribution in [2.24, 2.45) is 0 Å². The Bertz CT molecular complexity index is 1240. The summed E-state index contributed by atoms with van der Waals surface area (Å²) in [4.78, 5) is 0. The molecule has 0 radical (unpaired) electrons. The molecule has 4 aromatic rings. The highest BCUT2D eigenvalue weighted by atomic mass is 31.2. The van der Waals surface area contributed by atoms with Crippen molar-refractivity contribution in [3.63, 3.8) is 0 Å². The summed E-state index contributed by atoms with van der Waals surface area (Å²) in [6.07, 6.45) is 0. The Morgan fingerprint density at radius 3 is 1.52 bits per heavy atom. The Morgan fingerprint density at radius 2 is 1.03 bits per heavy atom. The van der Waals surface area contributed by atoms with E-state index < -0.39 is 7.82 Å². The molecule has 0 saturated heterocycles. The zero-order valence-electron chi connectivity index (χ0n) is 19.2. The molecule has 0 N–H and O–H groups in total. The van der Waals surface area contributed by atoms with E-state index in [-0.39, 0.29) is 0 Å². The average molecular weight is 458 g/mol. The third-order valence-corrected chi connectivity index (χ3v) is 6.53. The van der Waals surface area contributed by atoms with Crippen molar-refractivity contribution in [2.45, 2.75) is 27.7 Å². The second kappa shape index (κ2) is 9.56. The van der Waals surface area contributed by atoms with Crippen LogP contribution in [0.25, 0.3) is 11.1 Å². The molecule has 4 nitrogen and oxygen atoms in total. The van der Waals surface area contributed by atoms with E-state index in [2.05, 4.69) is 0 Å². The van der Waals surface area contributed by atoms with Crippen molar-refractivity contribution in [1.29, 1.82) is 0 Å². The first-order valence-electron chi connectivity index (χ1n) is 10.8. The van der Waals surface area contributed by atoms with Gasteiger partial charge < -0.3 is 13.6 Å². The molecule has 0 fully saturated rings. The molecule has 4 aromatic carbocycles. The average Bonchev–Trinajstić information content (AvgIpc) is 2.79. The van der Waals surface area contributed by atoms with E-state index in [0.29, 0.717) is 17.2 Å². The minimum Gasteiger partial charge on any atom is -0.386 e. The minimum absolute atomic E-state index is 0.396. The molecule has 5 heteroatoms. The second-order valence-corrected chi connectivity index (χ2v) is 9.59. The maximum atomic E-state index is 13.9. The van der Waals surface area contributed by atoms with Crippen LogP contribution in [0.2, 0.25) is 0 Å². The van der Waals surface area contributed by atoms with Crippen LogP contribution in [0.4, 0.5) is 0 Å². The van der Waals surface area contributed by atoms with Crippen molar-refractivity contribution in [1.82, 2.24) is 0 Å². The third-order valence-electron chi connectivity index (χ3n) is 5.26. The lowest BCUT2D eigenvalue weighted by Gasteiger charge is -2.21. The number of rotatable bonds is 7. The first-order valence-corrected chi connectivity index (χ1v) is 12.3. The summed E-state index contributed by atoms with van der Waals surface area (Å²) in [5.74, 6) is 1.30. The van der Waals surface area contributed by atoms with Gasteiger partial charge in [0.15, 0.2) is 0 Å². The lowest BCUT2D eigenvalue weighted by molar-refractivity contribution is 0.297. The van der Waals surface area contributed by atoms with Crippen LogP contribution >= 0.6 is 7.82 Å². The molecule has 0 saturated carbocycles. The van der Waals surface area contributed by atoms with Crippen molar-refractivity contribution < 1.29 is 18.1 Å². The van der Waals surface area contributed by atoms with E-state index in [1.165, 1.54) is 0 Å². The van der Waals surface area contributed by atoms with Gasteiger partial charge in [-0.3, -0.25) is 0 Å². The summed E-state index contributed by atoms with van der Waals surface area (Å²) in [7, 11) is -4.06. The third kappa shape index (κ3) is 5.66. The zero-order chi connectivity index (χ0) is 23.4. The van der Waals surface area contributed by atoms with Gasteiger partial charge in [-0.05, 0) is 74.2 Å². The normalized spacial score (nSPS) is 11.2. The van der Waals surface area contributed by atoms with Gasteiger partial charge in [-0.25, -0.2) is 0 Å². The van der Waals surface area contributed by atoms with Gasteiger partial charge in [-0.2, -0.15) is 4.57 Å². The minimum atomic E-state index is -4.06. The van der Waals surface area contributed by atoms with Crippen molar-refractivity contribution in [2.75, 3.05) is 0 Å². The van der Waals surface area contributed by atoms with Crippen molar-refractivity contribution in [3.8, 4) is 28.4 Å². The fourth-order valence-corrected chi connectivity index (χ4v) is 4.95. The Balaban J connectivity index is 1.65. The number of hydrogen-bond acceptors (Lipinski definition) is 4. The summed E-state index contributed by atoms with van der Waals surface area (Å²) < 4.78 is 31.6. The molecule has 168 valence electrons. The van der Waals surface area contributed by atoms with Gasteiger partial charge in [0, 0.05) is 0 Å². The van der Waals surface area contributed by atoms with Gasteiger partial charge in [0.25, 0.3) is 0 Å². The van der Waals surface area contributed by atoms with Crippen LogP contribution < -0.4 is 13.6 Å². The summed E-state index contributed by atoms with van der Waals surface area (Å²) in [6.45, 7) is 7.79. The monoisotopic (exact) mass is 458 g/mol. The summed E-state index contributed by atoms with van der Waals surface area (Å²) in [5, 5.41) is 0. The summed E-state index contributed by atoms with van der Waals surface area (Å²) >= 11 is 0. The quantitative estimate of drug-likeness (QED) is 0.262. The molecular formula is C28H27O4P. The van der Waals surface area contributed by atoms with Gasteiger partial charge in [-0.15, -0.1) is 0 Å². The molecule has 33 heavy (non-hydrogen) atoms. The van der Waals surface area contributed by atoms with Gasteiger partial charge in [0.05, 0.1) is 0 Å². The van der Waals surface area contributed by atoms with Crippen LogP contribution in [0.15, 0.2) is 91.0 Å². The van der Waals surface area contributed by atoms with Gasteiger partial charge >= 0.3 is 7.82 Å². The van der Waals surface area contributed by atoms with E-state index in [1.54, 1.807) is 24.3 Å². The number of phosphoric acid groups is 1. The molecule has 0 aliphatic carbocycles. The van der Waals surface area contributed by atoms with Crippen LogP contribution in [0.3, 0.4) is 0 Å². The van der Waals surface area contributed by atoms with Crippen LogP contribution in [-0.2, 0) is 4.57 Å². The molecule has 0 aliphatic heterocycles. The highest BCUT2D eigenvalue weighted by Crippen LogP contribution is 2.51. The molecule has 0 unspecified atom stereocenters. The lowest BCUT2D eigenvalue weighted by atomic mass is 10.1. The maximum Gasteiger partial charge on any atom is 0.647 e. The SMILES string of the molecule is Cc1ccc(OP(=O)(Oc2ccc(-c3ccccc3)cc2)Oc2ccc(C)cc2C)c(C)c1. The summed E-state index contributed by atoms with van der Waals surface area (Å²) in [5.41, 5.74) is 5.99. The van der Waals surface area contributed by atoms with Crippen LogP contribution in [-0.4, -0.2) is 0 Å². The van der Waals surface area contributed by atoms with E-state index in [0.717, 1.165) is 33.4 Å². The van der Waals surface area contributed by atoms with E-state index in [9.17, 15) is 4.57 Å². The molecule has 0 aliphatic rings. The smallest absolute Gasteiger partial charge is 0.386 e. The molecule has 0 spiro atoms. The highest BCUT2D eigenvalue weighted by molar-refractivity contribution is 7.49. The van der Waals surface area contributed by atoms with Crippen LogP contribution in [0, 0.1) is 27.7 Å². The number of phosphoric ester groups is 1. The molecule has 0 aromatic heterocycles. The predicted octanol–water partition coefficient (Wildman–Crippen LogP) is 8.23.